The molecule has 1 aliphatic carbocycles. The third-order valence-corrected chi connectivity index (χ3v) is 5.15. The molecule has 1 aliphatic rings. The Morgan fingerprint density at radius 2 is 1.94 bits per heavy atom. The second-order valence-electron chi connectivity index (χ2n) is 4.24. The molecule has 2 nitrogen and oxygen atoms in total. The molecule has 0 bridgehead atoms. The van der Waals surface area contributed by atoms with Gasteiger partial charge in [0, 0.05) is 16.0 Å². The fourth-order valence-electron chi connectivity index (χ4n) is 2.14. The van der Waals surface area contributed by atoms with E-state index in [2.05, 4.69) is 0 Å². The number of nitrogens with two attached hydrogens (primary N) is 1. The molecule has 2 N–H and O–H groups in total. The highest BCUT2D eigenvalue weighted by Crippen LogP contribution is 2.29. The van der Waals surface area contributed by atoms with Crippen molar-refractivity contribution in [2.24, 2.45) is 0 Å². The van der Waals surface area contributed by atoms with Gasteiger partial charge in [0.15, 0.2) is 0 Å². The highest BCUT2D eigenvalue weighted by Gasteiger charge is 2.22. The second-order valence-corrected chi connectivity index (χ2v) is 6.38. The van der Waals surface area contributed by atoms with Gasteiger partial charge in [-0.15, -0.1) is 0 Å². The van der Waals surface area contributed by atoms with Crippen LogP contribution in [0.15, 0.2) is 23.1 Å². The van der Waals surface area contributed by atoms with Crippen LogP contribution < -0.4 is 5.73 Å². The Hall–Kier alpha value is -0.540. The maximum Gasteiger partial charge on any atom is 0.0635 e. The Bertz CT molecular complexity index is 402. The lowest BCUT2D eigenvalue weighted by molar-refractivity contribution is 0.504. The van der Waals surface area contributed by atoms with Crippen LogP contribution in [0.4, 0.5) is 5.69 Å². The third-order valence-electron chi connectivity index (χ3n) is 3.05. The zero-order chi connectivity index (χ0) is 11.5. The summed E-state index contributed by atoms with van der Waals surface area (Å²) < 4.78 is 12.3. The topological polar surface area (TPSA) is 43.1 Å². The molecule has 88 valence electrons. The van der Waals surface area contributed by atoms with Crippen LogP contribution in [0.2, 0.25) is 5.02 Å². The smallest absolute Gasteiger partial charge is 0.0635 e. The van der Waals surface area contributed by atoms with Crippen molar-refractivity contribution in [3.05, 3.63) is 23.2 Å². The van der Waals surface area contributed by atoms with E-state index in [9.17, 15) is 4.21 Å². The molecule has 2 rings (SSSR count). The predicted octanol–water partition coefficient (Wildman–Crippen LogP) is 3.36. The van der Waals surface area contributed by atoms with Gasteiger partial charge in [-0.3, -0.25) is 4.21 Å². The molecule has 4 heteroatoms. The normalized spacial score (nSPS) is 19.6. The van der Waals surface area contributed by atoms with E-state index in [-0.39, 0.29) is 5.25 Å². The monoisotopic (exact) mass is 257 g/mol. The molecule has 1 aromatic rings. The van der Waals surface area contributed by atoms with Crippen LogP contribution in [-0.4, -0.2) is 9.46 Å². The van der Waals surface area contributed by atoms with Crippen molar-refractivity contribution in [2.45, 2.75) is 42.2 Å². The summed E-state index contributed by atoms with van der Waals surface area (Å²) in [7, 11) is -1.00. The average molecular weight is 258 g/mol. The Morgan fingerprint density at radius 3 is 2.62 bits per heavy atom. The van der Waals surface area contributed by atoms with Gasteiger partial charge in [-0.2, -0.15) is 0 Å². The van der Waals surface area contributed by atoms with Gasteiger partial charge in [0.1, 0.15) is 0 Å². The Morgan fingerprint density at radius 1 is 1.25 bits per heavy atom. The van der Waals surface area contributed by atoms with Crippen LogP contribution in [0.1, 0.15) is 32.1 Å². The zero-order valence-electron chi connectivity index (χ0n) is 9.12. The molecule has 0 amide bonds. The Balaban J connectivity index is 2.22. The van der Waals surface area contributed by atoms with Gasteiger partial charge in [0.2, 0.25) is 0 Å². The molecule has 16 heavy (non-hydrogen) atoms. The minimum atomic E-state index is -1.00. The molecule has 1 fully saturated rings. The van der Waals surface area contributed by atoms with Crippen molar-refractivity contribution in [2.75, 3.05) is 5.73 Å². The minimum absolute atomic E-state index is 0.259. The van der Waals surface area contributed by atoms with Crippen molar-refractivity contribution in [3.63, 3.8) is 0 Å². The van der Waals surface area contributed by atoms with Crippen LogP contribution in [-0.2, 0) is 10.8 Å². The standard InChI is InChI=1S/C12H16ClNOS/c13-9-6-7-11(14)12(8-9)16(15)10-4-2-1-3-5-10/h6-8,10H,1-5,14H2. The summed E-state index contributed by atoms with van der Waals surface area (Å²) in [5.74, 6) is 0. The first-order chi connectivity index (χ1) is 7.68. The summed E-state index contributed by atoms with van der Waals surface area (Å²) in [4.78, 5) is 0.708. The summed E-state index contributed by atoms with van der Waals surface area (Å²) in [6.07, 6.45) is 5.70. The van der Waals surface area contributed by atoms with E-state index in [1.807, 2.05) is 0 Å². The zero-order valence-corrected chi connectivity index (χ0v) is 10.7. The van der Waals surface area contributed by atoms with Gasteiger partial charge in [0.25, 0.3) is 0 Å². The predicted molar refractivity (Wildman–Crippen MR) is 69.1 cm³/mol. The van der Waals surface area contributed by atoms with Crippen LogP contribution in [0, 0.1) is 0 Å². The molecule has 1 saturated carbocycles. The average Bonchev–Trinajstić information content (AvgIpc) is 2.32. The van der Waals surface area contributed by atoms with E-state index >= 15 is 0 Å². The summed E-state index contributed by atoms with van der Waals surface area (Å²) >= 11 is 5.91. The van der Waals surface area contributed by atoms with Gasteiger partial charge < -0.3 is 5.73 Å². The third kappa shape index (κ3) is 2.58. The van der Waals surface area contributed by atoms with Crippen LogP contribution in [0.5, 0.6) is 0 Å². The summed E-state index contributed by atoms with van der Waals surface area (Å²) in [5, 5.41) is 0.864. The molecule has 0 saturated heterocycles. The van der Waals surface area contributed by atoms with Gasteiger partial charge >= 0.3 is 0 Å². The Kier molecular flexibility index (Phi) is 3.87. The van der Waals surface area contributed by atoms with Crippen molar-refractivity contribution in [3.8, 4) is 0 Å². The largest absolute Gasteiger partial charge is 0.398 e. The molecular formula is C12H16ClNOS. The summed E-state index contributed by atoms with van der Waals surface area (Å²) in [6, 6.07) is 5.21. The van der Waals surface area contributed by atoms with Gasteiger partial charge in [-0.25, -0.2) is 0 Å². The van der Waals surface area contributed by atoms with E-state index in [0.717, 1.165) is 12.8 Å². The number of nitrogen functional groups attached to an aromatic ring is 1. The lowest BCUT2D eigenvalue weighted by atomic mass is 10.0. The van der Waals surface area contributed by atoms with Crippen molar-refractivity contribution in [1.29, 1.82) is 0 Å². The van der Waals surface area contributed by atoms with Crippen LogP contribution >= 0.6 is 11.6 Å². The second kappa shape index (κ2) is 5.19. The van der Waals surface area contributed by atoms with Crippen LogP contribution in [0.25, 0.3) is 0 Å². The number of hydrogen-bond acceptors (Lipinski definition) is 2. The maximum absolute atomic E-state index is 12.3. The molecule has 0 aliphatic heterocycles. The Labute approximate surface area is 104 Å². The molecular weight excluding hydrogens is 242 g/mol. The fourth-order valence-corrected chi connectivity index (χ4v) is 4.04. The molecule has 1 aromatic carbocycles. The van der Waals surface area contributed by atoms with E-state index in [1.165, 1.54) is 19.3 Å². The quantitative estimate of drug-likeness (QED) is 0.826. The summed E-state index contributed by atoms with van der Waals surface area (Å²) in [6.45, 7) is 0. The lowest BCUT2D eigenvalue weighted by Gasteiger charge is -2.21. The first kappa shape index (κ1) is 11.9. The lowest BCUT2D eigenvalue weighted by Crippen LogP contribution is -2.19. The maximum atomic E-state index is 12.3. The van der Waals surface area contributed by atoms with Crippen LogP contribution in [0.3, 0.4) is 0 Å². The first-order valence-corrected chi connectivity index (χ1v) is 7.23. The molecule has 1 atom stereocenters. The number of benzene rings is 1. The highest BCUT2D eigenvalue weighted by molar-refractivity contribution is 7.85. The van der Waals surface area contributed by atoms with Gasteiger partial charge in [-0.05, 0) is 31.0 Å². The van der Waals surface area contributed by atoms with Gasteiger partial charge in [-0.1, -0.05) is 30.9 Å². The van der Waals surface area contributed by atoms with E-state index < -0.39 is 10.8 Å². The number of halogens is 1. The molecule has 0 radical (unpaired) electrons. The number of anilines is 1. The first-order valence-electron chi connectivity index (χ1n) is 5.64. The summed E-state index contributed by atoms with van der Waals surface area (Å²) in [5.41, 5.74) is 6.44. The van der Waals surface area contributed by atoms with E-state index in [1.54, 1.807) is 18.2 Å². The number of rotatable bonds is 2. The molecule has 0 heterocycles. The minimum Gasteiger partial charge on any atom is -0.398 e. The van der Waals surface area contributed by atoms with Crippen molar-refractivity contribution < 1.29 is 4.21 Å². The molecule has 1 unspecified atom stereocenters. The van der Waals surface area contributed by atoms with E-state index in [4.69, 9.17) is 17.3 Å². The van der Waals surface area contributed by atoms with Crippen molar-refractivity contribution >= 4 is 28.1 Å². The van der Waals surface area contributed by atoms with Crippen molar-refractivity contribution in [1.82, 2.24) is 0 Å². The fraction of sp³-hybridized carbons (Fsp3) is 0.500. The van der Waals surface area contributed by atoms with Gasteiger partial charge in [0.05, 0.1) is 15.7 Å². The molecule has 0 aromatic heterocycles. The number of hydrogen-bond donors (Lipinski definition) is 1. The van der Waals surface area contributed by atoms with E-state index in [0.29, 0.717) is 15.6 Å². The highest BCUT2D eigenvalue weighted by atomic mass is 35.5. The molecule has 0 spiro atoms. The SMILES string of the molecule is Nc1ccc(Cl)cc1S(=O)C1CCCCC1.